The molecule has 0 atom stereocenters. The Hall–Kier alpha value is -1.85. The van der Waals surface area contributed by atoms with Crippen molar-refractivity contribution in [1.29, 1.82) is 10.5 Å². The first-order chi connectivity index (χ1) is 8.11. The molecule has 0 radical (unpaired) electrons. The number of hydrogen-bond acceptors (Lipinski definition) is 3. The van der Waals surface area contributed by atoms with Gasteiger partial charge in [-0.25, -0.2) is 0 Å². The van der Waals surface area contributed by atoms with Crippen molar-refractivity contribution in [3.8, 4) is 12.1 Å². The van der Waals surface area contributed by atoms with Gasteiger partial charge in [-0.15, -0.1) is 0 Å². The zero-order valence-corrected chi connectivity index (χ0v) is 10.9. The van der Waals surface area contributed by atoms with Crippen LogP contribution in [0.2, 0.25) is 0 Å². The van der Waals surface area contributed by atoms with Crippen molar-refractivity contribution in [1.82, 2.24) is 4.90 Å². The molecule has 4 nitrogen and oxygen atoms in total. The molecule has 0 fully saturated rings. The third-order valence-corrected chi connectivity index (χ3v) is 3.17. The van der Waals surface area contributed by atoms with E-state index in [0.29, 0.717) is 5.56 Å². The summed E-state index contributed by atoms with van der Waals surface area (Å²) in [5.74, 6) is -0.299. The number of carbonyl (C=O) groups excluding carboxylic acids is 1. The molecule has 0 bridgehead atoms. The van der Waals surface area contributed by atoms with E-state index < -0.39 is 0 Å². The molecule has 1 rings (SSSR count). The van der Waals surface area contributed by atoms with Gasteiger partial charge in [0.15, 0.2) is 0 Å². The van der Waals surface area contributed by atoms with Crippen LogP contribution in [0.15, 0.2) is 22.7 Å². The van der Waals surface area contributed by atoms with Crippen molar-refractivity contribution in [2.45, 2.75) is 6.92 Å². The zero-order valence-electron chi connectivity index (χ0n) is 9.27. The summed E-state index contributed by atoms with van der Waals surface area (Å²) in [5, 5.41) is 17.2. The lowest BCUT2D eigenvalue weighted by atomic mass is 10.1. The van der Waals surface area contributed by atoms with Gasteiger partial charge in [0, 0.05) is 10.0 Å². The predicted molar refractivity (Wildman–Crippen MR) is 66.0 cm³/mol. The minimum Gasteiger partial charge on any atom is -0.312 e. The highest BCUT2D eigenvalue weighted by atomic mass is 79.9. The Kier molecular flexibility index (Phi) is 4.68. The Labute approximate surface area is 108 Å². The summed E-state index contributed by atoms with van der Waals surface area (Å²) < 4.78 is 0.831. The van der Waals surface area contributed by atoms with Crippen LogP contribution in [0.25, 0.3) is 0 Å². The monoisotopic (exact) mass is 291 g/mol. The standard InChI is InChI=1S/C12H10BrN3O/c1-9-10(3-2-4-11(9)13)12(17)16(7-5-14)8-6-15/h2-4H,7-8H2,1H3. The van der Waals surface area contributed by atoms with E-state index in [-0.39, 0.29) is 19.0 Å². The number of amides is 1. The first-order valence-corrected chi connectivity index (χ1v) is 5.69. The molecule has 0 aliphatic rings. The number of rotatable bonds is 3. The molecule has 5 heteroatoms. The highest BCUT2D eigenvalue weighted by Gasteiger charge is 2.17. The van der Waals surface area contributed by atoms with Crippen molar-refractivity contribution in [3.63, 3.8) is 0 Å². The molecule has 86 valence electrons. The summed E-state index contributed by atoms with van der Waals surface area (Å²) in [6.07, 6.45) is 0. The van der Waals surface area contributed by atoms with Crippen LogP contribution in [-0.2, 0) is 0 Å². The maximum Gasteiger partial charge on any atom is 0.255 e. The molecule has 0 N–H and O–H groups in total. The highest BCUT2D eigenvalue weighted by Crippen LogP contribution is 2.20. The van der Waals surface area contributed by atoms with Gasteiger partial charge in [-0.05, 0) is 24.6 Å². The third kappa shape index (κ3) is 3.05. The number of benzene rings is 1. The fourth-order valence-electron chi connectivity index (χ4n) is 1.38. The van der Waals surface area contributed by atoms with Crippen LogP contribution in [0.5, 0.6) is 0 Å². The molecule has 1 amide bonds. The van der Waals surface area contributed by atoms with Crippen LogP contribution in [-0.4, -0.2) is 23.9 Å². The molecular formula is C12H10BrN3O. The molecule has 0 aliphatic carbocycles. The second-order valence-corrected chi connectivity index (χ2v) is 4.24. The van der Waals surface area contributed by atoms with E-state index in [4.69, 9.17) is 10.5 Å². The predicted octanol–water partition coefficient (Wildman–Crippen LogP) is 2.25. The number of halogens is 1. The van der Waals surface area contributed by atoms with Crippen molar-refractivity contribution in [2.24, 2.45) is 0 Å². The van der Waals surface area contributed by atoms with Crippen LogP contribution < -0.4 is 0 Å². The Morgan fingerprint density at radius 3 is 2.47 bits per heavy atom. The number of carbonyl (C=O) groups is 1. The SMILES string of the molecule is Cc1c(Br)cccc1C(=O)N(CC#N)CC#N. The second kappa shape index (κ2) is 6.03. The van der Waals surface area contributed by atoms with Gasteiger partial charge in [0.2, 0.25) is 0 Å². The minimum absolute atomic E-state index is 0.0850. The lowest BCUT2D eigenvalue weighted by molar-refractivity contribution is 0.0794. The van der Waals surface area contributed by atoms with Crippen LogP contribution >= 0.6 is 15.9 Å². The number of hydrogen-bond donors (Lipinski definition) is 0. The molecule has 0 saturated carbocycles. The Balaban J connectivity index is 3.07. The molecular weight excluding hydrogens is 282 g/mol. The summed E-state index contributed by atoms with van der Waals surface area (Å²) in [7, 11) is 0. The molecule has 0 spiro atoms. The summed E-state index contributed by atoms with van der Waals surface area (Å²) in [4.78, 5) is 13.3. The van der Waals surface area contributed by atoms with E-state index in [1.54, 1.807) is 12.1 Å². The number of nitriles is 2. The zero-order chi connectivity index (χ0) is 12.8. The lowest BCUT2D eigenvalue weighted by Crippen LogP contribution is -2.32. The van der Waals surface area contributed by atoms with E-state index in [9.17, 15) is 4.79 Å². The first-order valence-electron chi connectivity index (χ1n) is 4.90. The largest absolute Gasteiger partial charge is 0.312 e. The third-order valence-electron chi connectivity index (χ3n) is 2.31. The quantitative estimate of drug-likeness (QED) is 0.802. The van der Waals surface area contributed by atoms with Crippen LogP contribution in [0, 0.1) is 29.6 Å². The molecule has 0 unspecified atom stereocenters. The van der Waals surface area contributed by atoms with E-state index in [2.05, 4.69) is 15.9 Å². The van der Waals surface area contributed by atoms with E-state index in [1.165, 1.54) is 4.90 Å². The molecule has 17 heavy (non-hydrogen) atoms. The normalized spacial score (nSPS) is 9.18. The van der Waals surface area contributed by atoms with E-state index in [0.717, 1.165) is 10.0 Å². The second-order valence-electron chi connectivity index (χ2n) is 3.39. The Morgan fingerprint density at radius 2 is 1.94 bits per heavy atom. The summed E-state index contributed by atoms with van der Waals surface area (Å²) >= 11 is 3.34. The lowest BCUT2D eigenvalue weighted by Gasteiger charge is -2.17. The number of nitrogens with zero attached hydrogens (tertiary/aromatic N) is 3. The summed E-state index contributed by atoms with van der Waals surface area (Å²) in [6.45, 7) is 1.64. The van der Waals surface area contributed by atoms with Crippen molar-refractivity contribution in [3.05, 3.63) is 33.8 Å². The minimum atomic E-state index is -0.299. The Morgan fingerprint density at radius 1 is 1.35 bits per heavy atom. The maximum atomic E-state index is 12.1. The van der Waals surface area contributed by atoms with Crippen molar-refractivity contribution < 1.29 is 4.79 Å². The van der Waals surface area contributed by atoms with Gasteiger partial charge < -0.3 is 4.90 Å². The van der Waals surface area contributed by atoms with Crippen molar-refractivity contribution in [2.75, 3.05) is 13.1 Å². The van der Waals surface area contributed by atoms with Crippen LogP contribution in [0.1, 0.15) is 15.9 Å². The fraction of sp³-hybridized carbons (Fsp3) is 0.250. The molecule has 1 aromatic rings. The summed E-state index contributed by atoms with van der Waals surface area (Å²) in [6, 6.07) is 9.03. The van der Waals surface area contributed by atoms with E-state index in [1.807, 2.05) is 25.1 Å². The molecule has 0 saturated heterocycles. The van der Waals surface area contributed by atoms with Gasteiger partial charge >= 0.3 is 0 Å². The average molecular weight is 292 g/mol. The smallest absolute Gasteiger partial charge is 0.255 e. The van der Waals surface area contributed by atoms with Gasteiger partial charge in [0.25, 0.3) is 5.91 Å². The molecule has 1 aromatic carbocycles. The van der Waals surface area contributed by atoms with Crippen LogP contribution in [0.4, 0.5) is 0 Å². The van der Waals surface area contributed by atoms with Crippen molar-refractivity contribution >= 4 is 21.8 Å². The molecule has 0 heterocycles. The first kappa shape index (κ1) is 13.2. The van der Waals surface area contributed by atoms with Gasteiger partial charge in [-0.2, -0.15) is 10.5 Å². The molecule has 0 aromatic heterocycles. The van der Waals surface area contributed by atoms with Gasteiger partial charge in [0.05, 0.1) is 12.1 Å². The highest BCUT2D eigenvalue weighted by molar-refractivity contribution is 9.10. The molecule has 0 aliphatic heterocycles. The van der Waals surface area contributed by atoms with Gasteiger partial charge in [-0.1, -0.05) is 22.0 Å². The van der Waals surface area contributed by atoms with Crippen LogP contribution in [0.3, 0.4) is 0 Å². The van der Waals surface area contributed by atoms with Gasteiger partial charge in [0.1, 0.15) is 13.1 Å². The van der Waals surface area contributed by atoms with Gasteiger partial charge in [-0.3, -0.25) is 4.79 Å². The van der Waals surface area contributed by atoms with E-state index >= 15 is 0 Å². The average Bonchev–Trinajstić information content (AvgIpc) is 2.31. The Bertz CT molecular complexity index is 497. The fourth-order valence-corrected chi connectivity index (χ4v) is 1.75. The topological polar surface area (TPSA) is 67.9 Å². The maximum absolute atomic E-state index is 12.1. The summed E-state index contributed by atoms with van der Waals surface area (Å²) in [5.41, 5.74) is 1.31.